The van der Waals surface area contributed by atoms with Gasteiger partial charge < -0.3 is 10.6 Å². The number of carbonyl (C=O) groups is 3. The first kappa shape index (κ1) is 21.7. The topological polar surface area (TPSA) is 100 Å². The smallest absolute Gasteiger partial charge is 0.267 e. The van der Waals surface area contributed by atoms with Crippen LogP contribution >= 0.6 is 22.7 Å². The third-order valence-electron chi connectivity index (χ3n) is 3.98. The molecule has 0 saturated carbocycles. The summed E-state index contributed by atoms with van der Waals surface area (Å²) in [5, 5.41) is 12.4. The van der Waals surface area contributed by atoms with Crippen LogP contribution in [0.3, 0.4) is 0 Å². The lowest BCUT2D eigenvalue weighted by Crippen LogP contribution is -2.28. The predicted molar refractivity (Wildman–Crippen MR) is 120 cm³/mol. The Labute approximate surface area is 182 Å². The summed E-state index contributed by atoms with van der Waals surface area (Å²) < 4.78 is 0. The van der Waals surface area contributed by atoms with Gasteiger partial charge in [-0.05, 0) is 29.5 Å². The fourth-order valence-corrected chi connectivity index (χ4v) is 3.88. The average molecular weight is 443 g/mol. The SMILES string of the molecule is CC(C)CNC(=O)c1ccccc1NC(=O)Cc1csc(NC(=O)c2cccs2)n1. The third kappa shape index (κ3) is 5.98. The van der Waals surface area contributed by atoms with Gasteiger partial charge in [-0.3, -0.25) is 19.7 Å². The first-order chi connectivity index (χ1) is 14.4. The van der Waals surface area contributed by atoms with Crippen LogP contribution in [0.4, 0.5) is 10.8 Å². The Morgan fingerprint density at radius 2 is 1.80 bits per heavy atom. The summed E-state index contributed by atoms with van der Waals surface area (Å²) in [6.45, 7) is 4.58. The van der Waals surface area contributed by atoms with Crippen molar-refractivity contribution in [1.82, 2.24) is 10.3 Å². The highest BCUT2D eigenvalue weighted by molar-refractivity contribution is 7.14. The molecule has 7 nitrogen and oxygen atoms in total. The van der Waals surface area contributed by atoms with Gasteiger partial charge in [-0.25, -0.2) is 4.98 Å². The van der Waals surface area contributed by atoms with Gasteiger partial charge in [0, 0.05) is 11.9 Å². The third-order valence-corrected chi connectivity index (χ3v) is 5.65. The van der Waals surface area contributed by atoms with Gasteiger partial charge in [0.2, 0.25) is 5.91 Å². The Kier molecular flexibility index (Phi) is 7.31. The number of thiophene rings is 1. The maximum Gasteiger partial charge on any atom is 0.267 e. The highest BCUT2D eigenvalue weighted by Crippen LogP contribution is 2.20. The van der Waals surface area contributed by atoms with E-state index in [1.54, 1.807) is 41.8 Å². The van der Waals surface area contributed by atoms with Crippen LogP contribution in [-0.2, 0) is 11.2 Å². The lowest BCUT2D eigenvalue weighted by molar-refractivity contribution is -0.115. The maximum absolute atomic E-state index is 12.5. The summed E-state index contributed by atoms with van der Waals surface area (Å²) in [5.41, 5.74) is 1.40. The average Bonchev–Trinajstić information content (AvgIpc) is 3.39. The van der Waals surface area contributed by atoms with E-state index < -0.39 is 0 Å². The van der Waals surface area contributed by atoms with Crippen LogP contribution in [0.25, 0.3) is 0 Å². The molecule has 0 aliphatic carbocycles. The van der Waals surface area contributed by atoms with Gasteiger partial charge in [0.1, 0.15) is 0 Å². The number of nitrogens with zero attached hydrogens (tertiary/aromatic N) is 1. The first-order valence-corrected chi connectivity index (χ1v) is 11.1. The van der Waals surface area contributed by atoms with E-state index in [-0.39, 0.29) is 24.1 Å². The van der Waals surface area contributed by atoms with E-state index in [0.29, 0.717) is 39.4 Å². The molecule has 1 aromatic carbocycles. The second-order valence-corrected chi connectivity index (χ2v) is 8.76. The van der Waals surface area contributed by atoms with Crippen molar-refractivity contribution < 1.29 is 14.4 Å². The summed E-state index contributed by atoms with van der Waals surface area (Å²) in [6, 6.07) is 10.4. The molecule has 3 aromatic rings. The van der Waals surface area contributed by atoms with Gasteiger partial charge in [0.15, 0.2) is 5.13 Å². The number of hydrogen-bond donors (Lipinski definition) is 3. The van der Waals surface area contributed by atoms with Gasteiger partial charge in [0.05, 0.1) is 28.2 Å². The number of rotatable bonds is 8. The Bertz CT molecular complexity index is 1030. The zero-order valence-electron chi connectivity index (χ0n) is 16.6. The van der Waals surface area contributed by atoms with Crippen molar-refractivity contribution in [1.29, 1.82) is 0 Å². The molecule has 0 aliphatic rings. The number of nitrogens with one attached hydrogen (secondary N) is 3. The van der Waals surface area contributed by atoms with Crippen LogP contribution in [-0.4, -0.2) is 29.3 Å². The van der Waals surface area contributed by atoms with Crippen molar-refractivity contribution in [3.8, 4) is 0 Å². The molecule has 3 rings (SSSR count). The Balaban J connectivity index is 1.59. The van der Waals surface area contributed by atoms with Crippen LogP contribution in [0.2, 0.25) is 0 Å². The molecule has 156 valence electrons. The fourth-order valence-electron chi connectivity index (χ4n) is 2.55. The van der Waals surface area contributed by atoms with Crippen LogP contribution in [0, 0.1) is 5.92 Å². The van der Waals surface area contributed by atoms with E-state index in [4.69, 9.17) is 0 Å². The number of aromatic nitrogens is 1. The van der Waals surface area contributed by atoms with Gasteiger partial charge in [0.25, 0.3) is 11.8 Å². The van der Waals surface area contributed by atoms with E-state index >= 15 is 0 Å². The zero-order valence-corrected chi connectivity index (χ0v) is 18.2. The van der Waals surface area contributed by atoms with Crippen LogP contribution in [0.5, 0.6) is 0 Å². The predicted octanol–water partition coefficient (Wildman–Crippen LogP) is 4.02. The van der Waals surface area contributed by atoms with Gasteiger partial charge in [-0.15, -0.1) is 22.7 Å². The van der Waals surface area contributed by atoms with Gasteiger partial charge in [-0.2, -0.15) is 0 Å². The molecule has 0 spiro atoms. The molecule has 3 N–H and O–H groups in total. The Hall–Kier alpha value is -3.04. The minimum atomic E-state index is -0.291. The zero-order chi connectivity index (χ0) is 21.5. The van der Waals surface area contributed by atoms with Crippen LogP contribution in [0.15, 0.2) is 47.2 Å². The lowest BCUT2D eigenvalue weighted by atomic mass is 10.1. The largest absolute Gasteiger partial charge is 0.352 e. The number of amides is 3. The summed E-state index contributed by atoms with van der Waals surface area (Å²) >= 11 is 2.60. The monoisotopic (exact) mass is 442 g/mol. The van der Waals surface area contributed by atoms with E-state index in [0.717, 1.165) is 0 Å². The number of thiazole rings is 1. The second-order valence-electron chi connectivity index (χ2n) is 6.95. The molecule has 2 heterocycles. The number of anilines is 2. The second kappa shape index (κ2) is 10.1. The van der Waals surface area contributed by atoms with Crippen LogP contribution in [0.1, 0.15) is 39.6 Å². The molecule has 0 saturated heterocycles. The molecule has 0 unspecified atom stereocenters. The molecule has 0 atom stereocenters. The fraction of sp³-hybridized carbons (Fsp3) is 0.238. The first-order valence-electron chi connectivity index (χ1n) is 9.38. The molecular weight excluding hydrogens is 420 g/mol. The minimum absolute atomic E-state index is 0.0350. The van der Waals surface area contributed by atoms with Crippen molar-refractivity contribution in [2.24, 2.45) is 5.92 Å². The number of benzene rings is 1. The van der Waals surface area contributed by atoms with Crippen molar-refractivity contribution >= 4 is 51.2 Å². The normalized spacial score (nSPS) is 10.6. The van der Waals surface area contributed by atoms with Crippen molar-refractivity contribution in [2.75, 3.05) is 17.2 Å². The molecule has 9 heteroatoms. The minimum Gasteiger partial charge on any atom is -0.352 e. The molecular formula is C21H22N4O3S2. The lowest BCUT2D eigenvalue weighted by Gasteiger charge is -2.12. The molecule has 3 amide bonds. The highest BCUT2D eigenvalue weighted by Gasteiger charge is 2.15. The Morgan fingerprint density at radius 3 is 2.53 bits per heavy atom. The molecule has 0 fully saturated rings. The van der Waals surface area contributed by atoms with Gasteiger partial charge in [-0.1, -0.05) is 32.0 Å². The van der Waals surface area contributed by atoms with Crippen molar-refractivity contribution in [3.05, 3.63) is 63.3 Å². The van der Waals surface area contributed by atoms with Gasteiger partial charge >= 0.3 is 0 Å². The highest BCUT2D eigenvalue weighted by atomic mass is 32.1. The molecule has 0 radical (unpaired) electrons. The van der Waals surface area contributed by atoms with E-state index in [1.807, 2.05) is 19.2 Å². The van der Waals surface area contributed by atoms with E-state index in [9.17, 15) is 14.4 Å². The van der Waals surface area contributed by atoms with Crippen LogP contribution < -0.4 is 16.0 Å². The van der Waals surface area contributed by atoms with E-state index in [1.165, 1.54) is 22.7 Å². The number of carbonyl (C=O) groups excluding carboxylic acids is 3. The number of hydrogen-bond acceptors (Lipinski definition) is 6. The van der Waals surface area contributed by atoms with E-state index in [2.05, 4.69) is 20.9 Å². The van der Waals surface area contributed by atoms with Crippen molar-refractivity contribution in [3.63, 3.8) is 0 Å². The summed E-state index contributed by atoms with van der Waals surface area (Å²) in [6.07, 6.45) is 0.0350. The standard InChI is InChI=1S/C21H22N4O3S2/c1-13(2)11-22-19(27)15-6-3-4-7-16(15)24-18(26)10-14-12-30-21(23-14)25-20(28)17-8-5-9-29-17/h3-9,12-13H,10-11H2,1-2H3,(H,22,27)(H,24,26)(H,23,25,28). The molecule has 30 heavy (non-hydrogen) atoms. The van der Waals surface area contributed by atoms with Crippen molar-refractivity contribution in [2.45, 2.75) is 20.3 Å². The summed E-state index contributed by atoms with van der Waals surface area (Å²) in [5.74, 6) is -0.418. The summed E-state index contributed by atoms with van der Waals surface area (Å²) in [4.78, 5) is 41.9. The molecule has 0 aliphatic heterocycles. The summed E-state index contributed by atoms with van der Waals surface area (Å²) in [7, 11) is 0. The molecule has 2 aromatic heterocycles. The molecule has 0 bridgehead atoms. The Morgan fingerprint density at radius 1 is 1.00 bits per heavy atom. The maximum atomic E-state index is 12.5. The number of para-hydroxylation sites is 1. The quantitative estimate of drug-likeness (QED) is 0.490.